The molecular formula is C20H18Cl3F6N3O2. The van der Waals surface area contributed by atoms with E-state index in [1.807, 2.05) is 0 Å². The third kappa shape index (κ3) is 6.53. The number of halogens is 9. The number of amides is 2. The van der Waals surface area contributed by atoms with Crippen molar-refractivity contribution in [1.82, 2.24) is 10.6 Å². The van der Waals surface area contributed by atoms with Crippen LogP contribution in [0.15, 0.2) is 30.3 Å². The summed E-state index contributed by atoms with van der Waals surface area (Å²) < 4.78 is 82.0. The molecule has 0 aliphatic heterocycles. The number of carbonyl (C=O) groups is 1. The highest BCUT2D eigenvalue weighted by Crippen LogP contribution is 2.43. The molecular weight excluding hydrogens is 535 g/mol. The van der Waals surface area contributed by atoms with Crippen LogP contribution in [0, 0.1) is 0 Å². The number of nitrogens with one attached hydrogen (secondary N) is 3. The summed E-state index contributed by atoms with van der Waals surface area (Å²) in [5.41, 5.74) is -6.18. The lowest BCUT2D eigenvalue weighted by Gasteiger charge is -2.32. The largest absolute Gasteiger partial charge is 0.423 e. The second-order valence-corrected chi connectivity index (χ2v) is 8.24. The van der Waals surface area contributed by atoms with Gasteiger partial charge in [0, 0.05) is 18.8 Å². The number of carbonyl (C=O) groups excluding carboxylic acids is 1. The van der Waals surface area contributed by atoms with Gasteiger partial charge in [0.2, 0.25) is 5.60 Å². The lowest BCUT2D eigenvalue weighted by Crippen LogP contribution is -2.47. The van der Waals surface area contributed by atoms with Gasteiger partial charge >= 0.3 is 18.4 Å². The Hall–Kier alpha value is -2.08. The smallest absolute Gasteiger partial charge is 0.381 e. The zero-order chi connectivity index (χ0) is 25.9. The minimum Gasteiger partial charge on any atom is -0.381 e. The van der Waals surface area contributed by atoms with Crippen LogP contribution in [0.1, 0.15) is 23.6 Å². The van der Waals surface area contributed by atoms with Crippen molar-refractivity contribution in [3.63, 3.8) is 0 Å². The van der Waals surface area contributed by atoms with E-state index in [-0.39, 0.29) is 32.9 Å². The Bertz CT molecular complexity index is 1030. The summed E-state index contributed by atoms with van der Waals surface area (Å²) in [6, 6.07) is 3.51. The molecule has 14 heteroatoms. The first kappa shape index (κ1) is 28.2. The van der Waals surface area contributed by atoms with Gasteiger partial charge in [-0.25, -0.2) is 4.79 Å². The number of benzene rings is 2. The molecule has 0 aliphatic carbocycles. The topological polar surface area (TPSA) is 73.4 Å². The molecule has 5 nitrogen and oxygen atoms in total. The molecule has 0 bridgehead atoms. The number of anilines is 1. The second kappa shape index (κ2) is 10.7. The number of aliphatic hydroxyl groups is 1. The predicted octanol–water partition coefficient (Wildman–Crippen LogP) is 6.35. The van der Waals surface area contributed by atoms with Crippen molar-refractivity contribution >= 4 is 46.5 Å². The molecule has 0 fully saturated rings. The van der Waals surface area contributed by atoms with E-state index in [1.165, 1.54) is 0 Å². The van der Waals surface area contributed by atoms with Crippen LogP contribution < -0.4 is 16.0 Å². The van der Waals surface area contributed by atoms with Gasteiger partial charge in [0.25, 0.3) is 0 Å². The molecule has 1 atom stereocenters. The number of hydrogen-bond acceptors (Lipinski definition) is 3. The molecule has 0 spiro atoms. The monoisotopic (exact) mass is 551 g/mol. The average molecular weight is 553 g/mol. The molecule has 0 heterocycles. The fraction of sp³-hybridized carbons (Fsp3) is 0.350. The summed E-state index contributed by atoms with van der Waals surface area (Å²) >= 11 is 17.3. The van der Waals surface area contributed by atoms with Gasteiger partial charge in [-0.05, 0) is 42.3 Å². The Morgan fingerprint density at radius 1 is 0.971 bits per heavy atom. The first-order chi connectivity index (χ1) is 15.6. The molecule has 0 saturated heterocycles. The van der Waals surface area contributed by atoms with Crippen molar-refractivity contribution < 1.29 is 36.2 Å². The molecule has 0 aromatic heterocycles. The van der Waals surface area contributed by atoms with Gasteiger partial charge in [0.05, 0.1) is 27.2 Å². The molecule has 0 radical (unpaired) electrons. The summed E-state index contributed by atoms with van der Waals surface area (Å²) in [5.74, 6) is 0. The van der Waals surface area contributed by atoms with Crippen molar-refractivity contribution in [3.8, 4) is 0 Å². The van der Waals surface area contributed by atoms with Crippen molar-refractivity contribution in [2.45, 2.75) is 31.4 Å². The highest BCUT2D eigenvalue weighted by atomic mass is 35.5. The van der Waals surface area contributed by atoms with Gasteiger partial charge in [-0.2, -0.15) is 26.3 Å². The fourth-order valence-corrected chi connectivity index (χ4v) is 3.49. The van der Waals surface area contributed by atoms with Gasteiger partial charge in [-0.1, -0.05) is 40.9 Å². The van der Waals surface area contributed by atoms with Crippen molar-refractivity contribution in [1.29, 1.82) is 0 Å². The van der Waals surface area contributed by atoms with Crippen LogP contribution in [0.4, 0.5) is 36.8 Å². The normalized spacial score (nSPS) is 13.9. The summed E-state index contributed by atoms with van der Waals surface area (Å²) in [7, 11) is 0. The lowest BCUT2D eigenvalue weighted by atomic mass is 9.92. The highest BCUT2D eigenvalue weighted by Gasteiger charge is 2.55. The Labute approximate surface area is 205 Å². The summed E-state index contributed by atoms with van der Waals surface area (Å²) in [5, 5.41) is 16.3. The van der Waals surface area contributed by atoms with Crippen LogP contribution in [-0.2, 0) is 18.3 Å². The van der Waals surface area contributed by atoms with Crippen LogP contribution in [0.3, 0.4) is 0 Å². The van der Waals surface area contributed by atoms with Crippen LogP contribution in [0.2, 0.25) is 15.1 Å². The molecule has 4 N–H and O–H groups in total. The second-order valence-electron chi connectivity index (χ2n) is 7.05. The zero-order valence-corrected chi connectivity index (χ0v) is 19.5. The van der Waals surface area contributed by atoms with Crippen molar-refractivity contribution in [2.24, 2.45) is 0 Å². The van der Waals surface area contributed by atoms with Crippen molar-refractivity contribution in [2.75, 3.05) is 18.4 Å². The van der Waals surface area contributed by atoms with Gasteiger partial charge in [-0.15, -0.1) is 0 Å². The fourth-order valence-electron chi connectivity index (χ4n) is 2.89. The number of rotatable bonds is 7. The molecule has 2 rings (SSSR count). The Morgan fingerprint density at radius 2 is 1.56 bits per heavy atom. The molecule has 34 heavy (non-hydrogen) atoms. The maximum Gasteiger partial charge on any atom is 0.423 e. The predicted molar refractivity (Wildman–Crippen MR) is 117 cm³/mol. The van der Waals surface area contributed by atoms with E-state index in [4.69, 9.17) is 34.8 Å². The standard InChI is InChI=1S/C20H18Cl3F6N3O2/c1-2-30-17(33)31-8-10-3-4-12(7-13(10)19(24,25)26)32-9-18(34,20(27,28)29)11-5-14(21)16(23)15(22)6-11/h3-7,32,34H,2,8-9H2,1H3,(H2,30,31,33)/t18-/m1/s1. The molecule has 0 saturated carbocycles. The molecule has 188 valence electrons. The van der Waals surface area contributed by atoms with Crippen LogP contribution in [0.25, 0.3) is 0 Å². The minimum absolute atomic E-state index is 0.226. The SMILES string of the molecule is CCNC(=O)NCc1ccc(NC[C@@](O)(c2cc(Cl)c(Cl)c(Cl)c2)C(F)(F)F)cc1C(F)(F)F. The van der Waals surface area contributed by atoms with E-state index >= 15 is 0 Å². The van der Waals surface area contributed by atoms with E-state index < -0.39 is 48.2 Å². The summed E-state index contributed by atoms with van der Waals surface area (Å²) in [4.78, 5) is 11.5. The molecule has 0 aliphatic rings. The third-order valence-corrected chi connectivity index (χ3v) is 5.87. The van der Waals surface area contributed by atoms with Crippen LogP contribution in [0.5, 0.6) is 0 Å². The van der Waals surface area contributed by atoms with E-state index in [0.717, 1.165) is 24.3 Å². The quantitative estimate of drug-likeness (QED) is 0.239. The highest BCUT2D eigenvalue weighted by molar-refractivity contribution is 6.48. The van der Waals surface area contributed by atoms with Gasteiger partial charge in [0.1, 0.15) is 0 Å². The number of urea groups is 1. The Balaban J connectivity index is 2.36. The first-order valence-corrected chi connectivity index (χ1v) is 10.6. The Kier molecular flexibility index (Phi) is 8.84. The van der Waals surface area contributed by atoms with E-state index in [2.05, 4.69) is 16.0 Å². The van der Waals surface area contributed by atoms with Crippen LogP contribution >= 0.6 is 34.8 Å². The van der Waals surface area contributed by atoms with E-state index in [1.54, 1.807) is 6.92 Å². The maximum absolute atomic E-state index is 13.8. The average Bonchev–Trinajstić information content (AvgIpc) is 2.73. The zero-order valence-electron chi connectivity index (χ0n) is 17.3. The first-order valence-electron chi connectivity index (χ1n) is 9.50. The Morgan fingerprint density at radius 3 is 2.06 bits per heavy atom. The van der Waals surface area contributed by atoms with E-state index in [9.17, 15) is 36.2 Å². The van der Waals surface area contributed by atoms with E-state index in [0.29, 0.717) is 6.07 Å². The molecule has 2 amide bonds. The molecule has 0 unspecified atom stereocenters. The van der Waals surface area contributed by atoms with Gasteiger partial charge in [0.15, 0.2) is 0 Å². The molecule has 2 aromatic carbocycles. The minimum atomic E-state index is -5.26. The van der Waals surface area contributed by atoms with Gasteiger partial charge < -0.3 is 21.1 Å². The summed E-state index contributed by atoms with van der Waals surface area (Å²) in [6.07, 6.45) is -10.1. The molecule has 2 aromatic rings. The maximum atomic E-state index is 13.8. The summed E-state index contributed by atoms with van der Waals surface area (Å²) in [6.45, 7) is 0.135. The third-order valence-electron chi connectivity index (χ3n) is 4.67. The number of hydrogen-bond donors (Lipinski definition) is 4. The number of alkyl halides is 6. The van der Waals surface area contributed by atoms with Crippen molar-refractivity contribution in [3.05, 3.63) is 62.1 Å². The van der Waals surface area contributed by atoms with Gasteiger partial charge in [-0.3, -0.25) is 0 Å². The lowest BCUT2D eigenvalue weighted by molar-refractivity contribution is -0.260. The van der Waals surface area contributed by atoms with Crippen LogP contribution in [-0.4, -0.2) is 30.4 Å².